The van der Waals surface area contributed by atoms with E-state index in [0.717, 1.165) is 0 Å². The van der Waals surface area contributed by atoms with Crippen molar-refractivity contribution in [1.29, 1.82) is 0 Å². The van der Waals surface area contributed by atoms with Crippen molar-refractivity contribution in [3.05, 3.63) is 28.7 Å². The van der Waals surface area contributed by atoms with Gasteiger partial charge in [-0.25, -0.2) is 13.6 Å². The predicted octanol–water partition coefficient (Wildman–Crippen LogP) is 0.284. The summed E-state index contributed by atoms with van der Waals surface area (Å²) < 4.78 is 22.6. The van der Waals surface area contributed by atoms with Gasteiger partial charge in [0, 0.05) is 0 Å². The zero-order valence-corrected chi connectivity index (χ0v) is 9.98. The van der Waals surface area contributed by atoms with Crippen LogP contribution in [-0.2, 0) is 16.4 Å². The molecular weight excluding hydrogens is 246 g/mol. The summed E-state index contributed by atoms with van der Waals surface area (Å²) in [5, 5.41) is 7.85. The summed E-state index contributed by atoms with van der Waals surface area (Å²) in [4.78, 5) is 14.5. The van der Waals surface area contributed by atoms with Gasteiger partial charge in [-0.2, -0.15) is 10.8 Å². The standard InChI is InChI=1S/C9H13N3O4S/c1-6(12-13)4-7-2-3-8(16-10)9(5-7)17(11,14)15/h2-3,5-6H,4,10H2,1H3,(H2,11,14,15). The van der Waals surface area contributed by atoms with E-state index in [2.05, 4.69) is 10.0 Å². The Balaban J connectivity index is 3.18. The van der Waals surface area contributed by atoms with Crippen LogP contribution < -0.4 is 15.9 Å². The first-order valence-electron chi connectivity index (χ1n) is 4.73. The Bertz CT molecular complexity index is 515. The molecule has 1 atom stereocenters. The minimum absolute atomic E-state index is 0.0389. The molecule has 1 rings (SSSR count). The highest BCUT2D eigenvalue weighted by Crippen LogP contribution is 2.23. The summed E-state index contributed by atoms with van der Waals surface area (Å²) in [6, 6.07) is 3.85. The van der Waals surface area contributed by atoms with Gasteiger partial charge in [-0.15, -0.1) is 0 Å². The molecule has 0 aliphatic rings. The molecule has 0 aliphatic carbocycles. The topological polar surface area (TPSA) is 125 Å². The minimum atomic E-state index is -3.92. The van der Waals surface area contributed by atoms with Crippen LogP contribution in [0.15, 0.2) is 28.3 Å². The largest absolute Gasteiger partial charge is 0.410 e. The Labute approximate surface area is 98.7 Å². The lowest BCUT2D eigenvalue weighted by molar-refractivity contribution is 0.325. The van der Waals surface area contributed by atoms with Gasteiger partial charge < -0.3 is 4.84 Å². The second-order valence-electron chi connectivity index (χ2n) is 3.60. The quantitative estimate of drug-likeness (QED) is 0.580. The Morgan fingerprint density at radius 1 is 1.47 bits per heavy atom. The third-order valence-corrected chi connectivity index (χ3v) is 3.08. The van der Waals surface area contributed by atoms with Gasteiger partial charge in [0.25, 0.3) is 0 Å². The number of hydrogen-bond acceptors (Lipinski definition) is 6. The predicted molar refractivity (Wildman–Crippen MR) is 61.6 cm³/mol. The maximum atomic E-state index is 11.3. The van der Waals surface area contributed by atoms with Crippen molar-refractivity contribution in [3.8, 4) is 5.75 Å². The number of benzene rings is 1. The Morgan fingerprint density at radius 2 is 2.12 bits per heavy atom. The first-order chi connectivity index (χ1) is 7.88. The average molecular weight is 259 g/mol. The van der Waals surface area contributed by atoms with Crippen molar-refractivity contribution >= 4 is 10.0 Å². The molecule has 4 N–H and O–H groups in total. The van der Waals surface area contributed by atoms with E-state index in [-0.39, 0.29) is 10.6 Å². The molecule has 0 fully saturated rings. The maximum absolute atomic E-state index is 11.3. The van der Waals surface area contributed by atoms with Crippen molar-refractivity contribution in [2.24, 2.45) is 16.2 Å². The highest BCUT2D eigenvalue weighted by atomic mass is 32.2. The fourth-order valence-electron chi connectivity index (χ4n) is 1.38. The second kappa shape index (κ2) is 5.21. The molecule has 0 amide bonds. The van der Waals surface area contributed by atoms with Crippen molar-refractivity contribution in [3.63, 3.8) is 0 Å². The molecule has 94 valence electrons. The van der Waals surface area contributed by atoms with Gasteiger partial charge in [-0.1, -0.05) is 11.2 Å². The number of sulfonamides is 1. The number of nitrogens with zero attached hydrogens (tertiary/aromatic N) is 1. The highest BCUT2D eigenvalue weighted by Gasteiger charge is 2.16. The van der Waals surface area contributed by atoms with Crippen molar-refractivity contribution < 1.29 is 13.3 Å². The lowest BCUT2D eigenvalue weighted by Crippen LogP contribution is -2.16. The normalized spacial score (nSPS) is 13.1. The van der Waals surface area contributed by atoms with Gasteiger partial charge in [-0.05, 0) is 31.0 Å². The van der Waals surface area contributed by atoms with E-state index < -0.39 is 16.1 Å². The highest BCUT2D eigenvalue weighted by molar-refractivity contribution is 7.89. The minimum Gasteiger partial charge on any atom is -0.410 e. The number of nitrogens with two attached hydrogens (primary N) is 2. The molecule has 0 aromatic heterocycles. The smallest absolute Gasteiger partial charge is 0.241 e. The molecule has 1 aromatic carbocycles. The molecule has 0 saturated carbocycles. The number of hydrogen-bond donors (Lipinski definition) is 2. The number of primary sulfonamides is 1. The summed E-state index contributed by atoms with van der Waals surface area (Å²) in [5.74, 6) is 4.90. The lowest BCUT2D eigenvalue weighted by atomic mass is 10.1. The second-order valence-corrected chi connectivity index (χ2v) is 5.13. The number of nitroso groups, excluding NO2 is 1. The van der Waals surface area contributed by atoms with Crippen LogP contribution in [0.3, 0.4) is 0 Å². The fraction of sp³-hybridized carbons (Fsp3) is 0.333. The van der Waals surface area contributed by atoms with Crippen LogP contribution in [-0.4, -0.2) is 14.5 Å². The Kier molecular flexibility index (Phi) is 4.16. The van der Waals surface area contributed by atoms with E-state index in [9.17, 15) is 13.3 Å². The molecule has 7 nitrogen and oxygen atoms in total. The van der Waals surface area contributed by atoms with Gasteiger partial charge in [0.15, 0.2) is 5.75 Å². The third kappa shape index (κ3) is 3.48. The van der Waals surface area contributed by atoms with Crippen LogP contribution >= 0.6 is 0 Å². The first-order valence-corrected chi connectivity index (χ1v) is 6.28. The maximum Gasteiger partial charge on any atom is 0.241 e. The molecule has 0 saturated heterocycles. The van der Waals surface area contributed by atoms with Crippen molar-refractivity contribution in [2.45, 2.75) is 24.3 Å². The molecule has 1 unspecified atom stereocenters. The van der Waals surface area contributed by atoms with E-state index in [1.807, 2.05) is 0 Å². The SMILES string of the molecule is CC(Cc1ccc(ON)c(S(N)(=O)=O)c1)N=O. The molecular formula is C9H13N3O4S. The summed E-state index contributed by atoms with van der Waals surface area (Å²) in [6.45, 7) is 1.62. The molecule has 1 aromatic rings. The molecule has 0 heterocycles. The lowest BCUT2D eigenvalue weighted by Gasteiger charge is -2.09. The van der Waals surface area contributed by atoms with Gasteiger partial charge in [0.1, 0.15) is 4.90 Å². The van der Waals surface area contributed by atoms with Gasteiger partial charge in [0.2, 0.25) is 10.0 Å². The Hall–Kier alpha value is -1.51. The average Bonchev–Trinajstić information content (AvgIpc) is 2.27. The van der Waals surface area contributed by atoms with Gasteiger partial charge in [-0.3, -0.25) is 0 Å². The summed E-state index contributed by atoms with van der Waals surface area (Å²) in [5.41, 5.74) is 0.613. The van der Waals surface area contributed by atoms with E-state index in [0.29, 0.717) is 12.0 Å². The third-order valence-electron chi connectivity index (χ3n) is 2.15. The molecule has 0 bridgehead atoms. The van der Waals surface area contributed by atoms with Crippen LogP contribution in [0.5, 0.6) is 5.75 Å². The van der Waals surface area contributed by atoms with E-state index in [4.69, 9.17) is 11.0 Å². The van der Waals surface area contributed by atoms with Crippen LogP contribution in [0.1, 0.15) is 12.5 Å². The molecule has 8 heteroatoms. The zero-order valence-electron chi connectivity index (χ0n) is 9.16. The molecule has 0 aliphatic heterocycles. The van der Waals surface area contributed by atoms with Crippen molar-refractivity contribution in [1.82, 2.24) is 0 Å². The van der Waals surface area contributed by atoms with Crippen molar-refractivity contribution in [2.75, 3.05) is 0 Å². The van der Waals surface area contributed by atoms with E-state index in [1.165, 1.54) is 12.1 Å². The monoisotopic (exact) mass is 259 g/mol. The molecule has 0 spiro atoms. The first kappa shape index (κ1) is 13.6. The van der Waals surface area contributed by atoms with E-state index in [1.54, 1.807) is 13.0 Å². The van der Waals surface area contributed by atoms with Gasteiger partial charge in [0.05, 0.1) is 6.04 Å². The Morgan fingerprint density at radius 3 is 2.59 bits per heavy atom. The van der Waals surface area contributed by atoms with E-state index >= 15 is 0 Å². The zero-order chi connectivity index (χ0) is 13.1. The fourth-order valence-corrected chi connectivity index (χ4v) is 2.09. The van der Waals surface area contributed by atoms with Crippen LogP contribution in [0.25, 0.3) is 0 Å². The van der Waals surface area contributed by atoms with Crippen LogP contribution in [0.2, 0.25) is 0 Å². The molecule has 17 heavy (non-hydrogen) atoms. The van der Waals surface area contributed by atoms with Crippen LogP contribution in [0, 0.1) is 4.91 Å². The van der Waals surface area contributed by atoms with Crippen LogP contribution in [0.4, 0.5) is 0 Å². The van der Waals surface area contributed by atoms with Gasteiger partial charge >= 0.3 is 0 Å². The summed E-state index contributed by atoms with van der Waals surface area (Å²) >= 11 is 0. The molecule has 0 radical (unpaired) electrons. The summed E-state index contributed by atoms with van der Waals surface area (Å²) in [7, 11) is -3.92. The summed E-state index contributed by atoms with van der Waals surface area (Å²) in [6.07, 6.45) is 0.316. The number of rotatable bonds is 5.